The van der Waals surface area contributed by atoms with Gasteiger partial charge in [-0.3, -0.25) is 19.7 Å². The summed E-state index contributed by atoms with van der Waals surface area (Å²) in [6.07, 6.45) is -4.06. The molecular formula is C21H31NO9Si. The molecule has 0 saturated carbocycles. The number of nitro benzene ring substituents is 1. The predicted molar refractivity (Wildman–Crippen MR) is 117 cm³/mol. The molecule has 1 fully saturated rings. The number of hydrogen-bond donors (Lipinski definition) is 0. The Morgan fingerprint density at radius 3 is 2.16 bits per heavy atom. The Labute approximate surface area is 188 Å². The Morgan fingerprint density at radius 1 is 1.06 bits per heavy atom. The Balaban J connectivity index is 2.39. The Hall–Kier alpha value is -2.50. The van der Waals surface area contributed by atoms with Crippen molar-refractivity contribution in [3.8, 4) is 5.75 Å². The molecule has 1 aliphatic heterocycles. The number of esters is 2. The van der Waals surface area contributed by atoms with E-state index >= 15 is 0 Å². The molecule has 1 aromatic rings. The quantitative estimate of drug-likeness (QED) is 0.219. The van der Waals surface area contributed by atoms with E-state index in [1.165, 1.54) is 32.0 Å². The summed E-state index contributed by atoms with van der Waals surface area (Å²) in [5, 5.41) is 11.4. The lowest BCUT2D eigenvalue weighted by atomic mass is 10.0. The highest BCUT2D eigenvalue weighted by Gasteiger charge is 2.49. The smallest absolute Gasteiger partial charge is 0.311 e. The van der Waals surface area contributed by atoms with Crippen LogP contribution < -0.4 is 4.74 Å². The van der Waals surface area contributed by atoms with Gasteiger partial charge in [-0.2, -0.15) is 0 Å². The standard InChI is InChI=1S/C21H31NO9Si/c1-6-32(7-2,8-3)31-18-13-27-21(20(29-15(5)24)19(18)28-14(4)23)30-17-12-10-9-11-16(17)22(25)26/h9-12,18-21H,6-8,13H2,1-5H3/t18-,19+,20+,21+/m1/s1. The maximum absolute atomic E-state index is 11.9. The highest BCUT2D eigenvalue weighted by Crippen LogP contribution is 2.33. The molecule has 178 valence electrons. The summed E-state index contributed by atoms with van der Waals surface area (Å²) in [6, 6.07) is 8.36. The molecule has 0 aromatic heterocycles. The van der Waals surface area contributed by atoms with Crippen LogP contribution in [0.2, 0.25) is 18.1 Å². The Morgan fingerprint density at radius 2 is 1.62 bits per heavy atom. The van der Waals surface area contributed by atoms with E-state index in [1.54, 1.807) is 6.07 Å². The Bertz CT molecular complexity index is 806. The van der Waals surface area contributed by atoms with Crippen LogP contribution in [0.1, 0.15) is 34.6 Å². The second-order valence-electron chi connectivity index (χ2n) is 7.59. The van der Waals surface area contributed by atoms with Crippen molar-refractivity contribution in [1.82, 2.24) is 0 Å². The van der Waals surface area contributed by atoms with Crippen molar-refractivity contribution in [2.24, 2.45) is 0 Å². The number of rotatable bonds is 10. The van der Waals surface area contributed by atoms with Crippen molar-refractivity contribution in [3.63, 3.8) is 0 Å². The molecule has 10 nitrogen and oxygen atoms in total. The van der Waals surface area contributed by atoms with Gasteiger partial charge in [0.2, 0.25) is 12.4 Å². The van der Waals surface area contributed by atoms with Gasteiger partial charge in [0.25, 0.3) is 0 Å². The largest absolute Gasteiger partial charge is 0.455 e. The molecule has 4 atom stereocenters. The van der Waals surface area contributed by atoms with Crippen LogP contribution in [-0.2, 0) is 28.2 Å². The third-order valence-corrected chi connectivity index (χ3v) is 10.3. The number of carbonyl (C=O) groups excluding carboxylic acids is 2. The molecule has 0 aliphatic carbocycles. The minimum Gasteiger partial charge on any atom is -0.455 e. The molecule has 0 unspecified atom stereocenters. The van der Waals surface area contributed by atoms with Crippen molar-refractivity contribution in [1.29, 1.82) is 0 Å². The topological polar surface area (TPSA) is 123 Å². The molecule has 0 N–H and O–H groups in total. The molecule has 1 aliphatic rings. The van der Waals surface area contributed by atoms with Crippen LogP contribution in [-0.4, -0.2) is 56.4 Å². The van der Waals surface area contributed by atoms with E-state index in [2.05, 4.69) is 20.8 Å². The summed E-state index contributed by atoms with van der Waals surface area (Å²) in [4.78, 5) is 34.5. The van der Waals surface area contributed by atoms with Crippen LogP contribution in [0.3, 0.4) is 0 Å². The fourth-order valence-electron chi connectivity index (χ4n) is 3.75. The van der Waals surface area contributed by atoms with Gasteiger partial charge >= 0.3 is 17.6 Å². The summed E-state index contributed by atoms with van der Waals surface area (Å²) in [5.41, 5.74) is -0.269. The molecule has 0 bridgehead atoms. The van der Waals surface area contributed by atoms with E-state index in [0.717, 1.165) is 18.1 Å². The Kier molecular flexibility index (Phi) is 9.17. The first kappa shape index (κ1) is 25.8. The maximum Gasteiger partial charge on any atom is 0.311 e. The van der Waals surface area contributed by atoms with Crippen LogP contribution >= 0.6 is 0 Å². The van der Waals surface area contributed by atoms with E-state index < -0.39 is 49.8 Å². The van der Waals surface area contributed by atoms with Gasteiger partial charge < -0.3 is 23.4 Å². The first-order valence-corrected chi connectivity index (χ1v) is 13.2. The minimum atomic E-state index is -2.13. The van der Waals surface area contributed by atoms with Crippen LogP contribution in [0.15, 0.2) is 24.3 Å². The third-order valence-electron chi connectivity index (χ3n) is 5.63. The van der Waals surface area contributed by atoms with Gasteiger partial charge in [0, 0.05) is 19.9 Å². The summed E-state index contributed by atoms with van der Waals surface area (Å²) < 4.78 is 29.0. The van der Waals surface area contributed by atoms with Gasteiger partial charge in [-0.15, -0.1) is 0 Å². The highest BCUT2D eigenvalue weighted by molar-refractivity contribution is 6.73. The van der Waals surface area contributed by atoms with Gasteiger partial charge in [-0.05, 0) is 24.2 Å². The van der Waals surface area contributed by atoms with E-state index in [4.69, 9.17) is 23.4 Å². The molecule has 0 amide bonds. The van der Waals surface area contributed by atoms with E-state index in [1.807, 2.05) is 0 Å². The van der Waals surface area contributed by atoms with Gasteiger partial charge in [0.15, 0.2) is 20.2 Å². The maximum atomic E-state index is 11.9. The number of para-hydroxylation sites is 2. The zero-order chi connectivity index (χ0) is 23.9. The molecule has 1 heterocycles. The second-order valence-corrected chi connectivity index (χ2v) is 12.3. The molecule has 0 spiro atoms. The van der Waals surface area contributed by atoms with Crippen LogP contribution in [0.4, 0.5) is 5.69 Å². The molecule has 1 aromatic carbocycles. The lowest BCUT2D eigenvalue weighted by Gasteiger charge is -2.43. The molecule has 2 rings (SSSR count). The van der Waals surface area contributed by atoms with Crippen LogP contribution in [0.5, 0.6) is 5.75 Å². The second kappa shape index (κ2) is 11.4. The number of carbonyl (C=O) groups is 2. The first-order valence-electron chi connectivity index (χ1n) is 10.7. The van der Waals surface area contributed by atoms with Crippen molar-refractivity contribution < 1.29 is 37.9 Å². The van der Waals surface area contributed by atoms with Gasteiger partial charge in [0.1, 0.15) is 6.10 Å². The summed E-state index contributed by atoms with van der Waals surface area (Å²) in [6.45, 7) is 8.66. The molecule has 32 heavy (non-hydrogen) atoms. The first-order chi connectivity index (χ1) is 15.2. The van der Waals surface area contributed by atoms with Crippen molar-refractivity contribution >= 4 is 25.9 Å². The molecular weight excluding hydrogens is 438 g/mol. The van der Waals surface area contributed by atoms with Crippen molar-refractivity contribution in [3.05, 3.63) is 34.4 Å². The fraction of sp³-hybridized carbons (Fsp3) is 0.619. The number of benzene rings is 1. The number of ether oxygens (including phenoxy) is 4. The van der Waals surface area contributed by atoms with Crippen LogP contribution in [0, 0.1) is 10.1 Å². The number of nitrogens with zero attached hydrogens (tertiary/aromatic N) is 1. The monoisotopic (exact) mass is 469 g/mol. The lowest BCUT2D eigenvalue weighted by Crippen LogP contribution is -2.61. The van der Waals surface area contributed by atoms with Gasteiger partial charge in [-0.25, -0.2) is 0 Å². The zero-order valence-electron chi connectivity index (χ0n) is 19.1. The molecule has 1 saturated heterocycles. The van der Waals surface area contributed by atoms with Crippen molar-refractivity contribution in [2.75, 3.05) is 6.61 Å². The molecule has 11 heteroatoms. The van der Waals surface area contributed by atoms with Gasteiger partial charge in [0.05, 0.1) is 11.5 Å². The van der Waals surface area contributed by atoms with E-state index in [-0.39, 0.29) is 18.0 Å². The average Bonchev–Trinajstić information content (AvgIpc) is 2.75. The SMILES string of the molecule is CC[Si](CC)(CC)O[C@@H]1CO[C@@H](Oc2ccccc2[N+](=O)[O-])[C@@H](OC(C)=O)[C@H]1OC(C)=O. The number of nitro groups is 1. The minimum absolute atomic E-state index is 0.00968. The van der Waals surface area contributed by atoms with Crippen LogP contribution in [0.25, 0.3) is 0 Å². The summed E-state index contributed by atoms with van der Waals surface area (Å²) in [5.74, 6) is -1.28. The number of hydrogen-bond acceptors (Lipinski definition) is 9. The molecule has 0 radical (unpaired) electrons. The fourth-order valence-corrected chi connectivity index (χ4v) is 6.60. The predicted octanol–water partition coefficient (Wildman–Crippen LogP) is 3.58. The van der Waals surface area contributed by atoms with Crippen molar-refractivity contribution in [2.45, 2.75) is 77.4 Å². The highest BCUT2D eigenvalue weighted by atomic mass is 28.4. The summed E-state index contributed by atoms with van der Waals surface area (Å²) in [7, 11) is -2.13. The van der Waals surface area contributed by atoms with E-state index in [9.17, 15) is 19.7 Å². The normalized spacial score (nSPS) is 23.3. The zero-order valence-corrected chi connectivity index (χ0v) is 20.1. The van der Waals surface area contributed by atoms with E-state index in [0.29, 0.717) is 0 Å². The lowest BCUT2D eigenvalue weighted by molar-refractivity contribution is -0.386. The summed E-state index contributed by atoms with van der Waals surface area (Å²) >= 11 is 0. The van der Waals surface area contributed by atoms with Gasteiger partial charge in [-0.1, -0.05) is 32.9 Å². The third kappa shape index (κ3) is 6.27. The average molecular weight is 470 g/mol.